The molecular weight excluding hydrogens is 272 g/mol. The van der Waals surface area contributed by atoms with Gasteiger partial charge < -0.3 is 4.74 Å². The van der Waals surface area contributed by atoms with Gasteiger partial charge in [-0.1, -0.05) is 66.9 Å². The molecule has 0 saturated carbocycles. The Morgan fingerprint density at radius 3 is 2.45 bits per heavy atom. The normalized spacial score (nSPS) is 11.6. The Morgan fingerprint density at radius 2 is 1.90 bits per heavy atom. The zero-order valence-corrected chi connectivity index (χ0v) is 13.0. The van der Waals surface area contributed by atoms with E-state index in [1.54, 1.807) is 0 Å². The first-order chi connectivity index (χ1) is 9.56. The molecule has 0 aliphatic carbocycles. The van der Waals surface area contributed by atoms with E-state index in [1.807, 2.05) is 57.2 Å². The molecule has 0 aliphatic heterocycles. The van der Waals surface area contributed by atoms with Crippen molar-refractivity contribution in [2.75, 3.05) is 6.61 Å². The first kappa shape index (κ1) is 16.5. The van der Waals surface area contributed by atoms with Gasteiger partial charge in [0.2, 0.25) is 0 Å². The van der Waals surface area contributed by atoms with Gasteiger partial charge in [0.05, 0.1) is 6.61 Å². The fourth-order valence-corrected chi connectivity index (χ4v) is 1.88. The summed E-state index contributed by atoms with van der Waals surface area (Å²) in [6.07, 6.45) is 3.73. The Hall–Kier alpha value is -1.54. The average molecular weight is 293 g/mol. The largest absolute Gasteiger partial charge is 0.461 e. The Morgan fingerprint density at radius 1 is 1.25 bits per heavy atom. The SMILES string of the molecule is CCCCOC(=O)/C(Cl)=C(\C=C(C)C)c1ccccc1. The van der Waals surface area contributed by atoms with Gasteiger partial charge in [-0.15, -0.1) is 0 Å². The van der Waals surface area contributed by atoms with Crippen LogP contribution in [0.1, 0.15) is 39.2 Å². The van der Waals surface area contributed by atoms with Crippen LogP contribution in [-0.4, -0.2) is 12.6 Å². The van der Waals surface area contributed by atoms with Crippen molar-refractivity contribution in [1.29, 1.82) is 0 Å². The lowest BCUT2D eigenvalue weighted by Crippen LogP contribution is -2.07. The summed E-state index contributed by atoms with van der Waals surface area (Å²) < 4.78 is 5.17. The molecule has 0 aliphatic rings. The van der Waals surface area contributed by atoms with Gasteiger partial charge >= 0.3 is 5.97 Å². The van der Waals surface area contributed by atoms with E-state index in [4.69, 9.17) is 16.3 Å². The molecule has 1 aromatic rings. The van der Waals surface area contributed by atoms with E-state index < -0.39 is 5.97 Å². The summed E-state index contributed by atoms with van der Waals surface area (Å²) in [6, 6.07) is 9.62. The third kappa shape index (κ3) is 5.22. The van der Waals surface area contributed by atoms with Crippen LogP contribution in [-0.2, 0) is 9.53 Å². The minimum absolute atomic E-state index is 0.133. The molecule has 0 radical (unpaired) electrons. The molecule has 0 amide bonds. The average Bonchev–Trinajstić information content (AvgIpc) is 2.45. The maximum atomic E-state index is 12.0. The zero-order valence-electron chi connectivity index (χ0n) is 12.3. The second-order valence-electron chi connectivity index (χ2n) is 4.80. The van der Waals surface area contributed by atoms with E-state index in [-0.39, 0.29) is 5.03 Å². The fraction of sp³-hybridized carbons (Fsp3) is 0.353. The zero-order chi connectivity index (χ0) is 15.0. The lowest BCUT2D eigenvalue weighted by atomic mass is 10.0. The summed E-state index contributed by atoms with van der Waals surface area (Å²) in [5.41, 5.74) is 2.68. The lowest BCUT2D eigenvalue weighted by Gasteiger charge is -2.08. The minimum atomic E-state index is -0.462. The molecule has 0 fully saturated rings. The number of carbonyl (C=O) groups excluding carboxylic acids is 1. The quantitative estimate of drug-likeness (QED) is 0.321. The summed E-state index contributed by atoms with van der Waals surface area (Å²) in [6.45, 7) is 6.39. The van der Waals surface area contributed by atoms with Gasteiger partial charge in [-0.3, -0.25) is 0 Å². The number of ether oxygens (including phenoxy) is 1. The molecule has 0 heterocycles. The van der Waals surface area contributed by atoms with Crippen molar-refractivity contribution in [3.8, 4) is 0 Å². The van der Waals surface area contributed by atoms with Crippen molar-refractivity contribution < 1.29 is 9.53 Å². The van der Waals surface area contributed by atoms with Crippen LogP contribution in [0.25, 0.3) is 5.57 Å². The van der Waals surface area contributed by atoms with Crippen LogP contribution in [0.5, 0.6) is 0 Å². The first-order valence-corrected chi connectivity index (χ1v) is 7.21. The summed E-state index contributed by atoms with van der Waals surface area (Å²) >= 11 is 6.22. The van der Waals surface area contributed by atoms with E-state index in [1.165, 1.54) is 0 Å². The van der Waals surface area contributed by atoms with Crippen LogP contribution < -0.4 is 0 Å². The molecule has 1 aromatic carbocycles. The van der Waals surface area contributed by atoms with Crippen molar-refractivity contribution >= 4 is 23.1 Å². The third-order valence-corrected chi connectivity index (χ3v) is 3.02. The van der Waals surface area contributed by atoms with Gasteiger partial charge in [0.25, 0.3) is 0 Å². The molecule has 3 heteroatoms. The molecule has 0 N–H and O–H groups in total. The van der Waals surface area contributed by atoms with Gasteiger partial charge in [0, 0.05) is 5.57 Å². The summed E-state index contributed by atoms with van der Waals surface area (Å²) in [7, 11) is 0. The predicted octanol–water partition coefficient (Wildman–Crippen LogP) is 4.95. The highest BCUT2D eigenvalue weighted by Gasteiger charge is 2.14. The maximum absolute atomic E-state index is 12.0. The number of carbonyl (C=O) groups is 1. The van der Waals surface area contributed by atoms with Crippen molar-refractivity contribution in [1.82, 2.24) is 0 Å². The topological polar surface area (TPSA) is 26.3 Å². The Bertz CT molecular complexity index is 497. The molecule has 1 rings (SSSR count). The van der Waals surface area contributed by atoms with E-state index in [0.717, 1.165) is 24.0 Å². The number of rotatable bonds is 6. The second kappa shape index (κ2) is 8.60. The monoisotopic (exact) mass is 292 g/mol. The van der Waals surface area contributed by atoms with Gasteiger partial charge in [-0.05, 0) is 25.8 Å². The molecule has 0 unspecified atom stereocenters. The predicted molar refractivity (Wildman–Crippen MR) is 84.5 cm³/mol. The van der Waals surface area contributed by atoms with E-state index in [0.29, 0.717) is 12.2 Å². The lowest BCUT2D eigenvalue weighted by molar-refractivity contribution is -0.138. The summed E-state index contributed by atoms with van der Waals surface area (Å²) in [5, 5.41) is 0.133. The molecule has 0 atom stereocenters. The molecule has 20 heavy (non-hydrogen) atoms. The smallest absolute Gasteiger partial charge is 0.350 e. The molecule has 0 bridgehead atoms. The fourth-order valence-electron chi connectivity index (χ4n) is 1.66. The van der Waals surface area contributed by atoms with Gasteiger partial charge in [-0.2, -0.15) is 0 Å². The van der Waals surface area contributed by atoms with Gasteiger partial charge in [0.15, 0.2) is 0 Å². The Labute approximate surface area is 126 Å². The first-order valence-electron chi connectivity index (χ1n) is 6.83. The third-order valence-electron chi connectivity index (χ3n) is 2.66. The van der Waals surface area contributed by atoms with Crippen molar-refractivity contribution in [2.45, 2.75) is 33.6 Å². The molecule has 0 saturated heterocycles. The summed E-state index contributed by atoms with van der Waals surface area (Å²) in [4.78, 5) is 12.0. The number of hydrogen-bond acceptors (Lipinski definition) is 2. The highest BCUT2D eigenvalue weighted by atomic mass is 35.5. The number of esters is 1. The van der Waals surface area contributed by atoms with Crippen LogP contribution in [0.2, 0.25) is 0 Å². The highest BCUT2D eigenvalue weighted by molar-refractivity contribution is 6.44. The van der Waals surface area contributed by atoms with Crippen LogP contribution in [0.4, 0.5) is 0 Å². The molecule has 0 aromatic heterocycles. The van der Waals surface area contributed by atoms with Crippen LogP contribution in [0, 0.1) is 0 Å². The van der Waals surface area contributed by atoms with Crippen molar-refractivity contribution in [3.63, 3.8) is 0 Å². The number of halogens is 1. The molecule has 2 nitrogen and oxygen atoms in total. The molecular formula is C17H21ClO2. The second-order valence-corrected chi connectivity index (χ2v) is 5.18. The number of benzene rings is 1. The van der Waals surface area contributed by atoms with Crippen LogP contribution >= 0.6 is 11.6 Å². The standard InChI is InChI=1S/C17H21ClO2/c1-4-5-11-20-17(19)16(18)15(12-13(2)3)14-9-7-6-8-10-14/h6-10,12H,4-5,11H2,1-3H3/b16-15-. The number of hydrogen-bond donors (Lipinski definition) is 0. The minimum Gasteiger partial charge on any atom is -0.461 e. The van der Waals surface area contributed by atoms with E-state index in [2.05, 4.69) is 0 Å². The van der Waals surface area contributed by atoms with Crippen LogP contribution in [0.3, 0.4) is 0 Å². The van der Waals surface area contributed by atoms with Crippen LogP contribution in [0.15, 0.2) is 47.0 Å². The van der Waals surface area contributed by atoms with E-state index >= 15 is 0 Å². The molecule has 0 spiro atoms. The Kier molecular flexibility index (Phi) is 7.10. The van der Waals surface area contributed by atoms with Gasteiger partial charge in [-0.25, -0.2) is 4.79 Å². The number of allylic oxidation sites excluding steroid dienone is 3. The number of unbranched alkanes of at least 4 members (excludes halogenated alkanes) is 1. The van der Waals surface area contributed by atoms with Crippen molar-refractivity contribution in [2.24, 2.45) is 0 Å². The van der Waals surface area contributed by atoms with E-state index in [9.17, 15) is 4.79 Å². The highest BCUT2D eigenvalue weighted by Crippen LogP contribution is 2.25. The Balaban J connectivity index is 3.05. The maximum Gasteiger partial charge on any atom is 0.350 e. The summed E-state index contributed by atoms with van der Waals surface area (Å²) in [5.74, 6) is -0.462. The van der Waals surface area contributed by atoms with Gasteiger partial charge in [0.1, 0.15) is 5.03 Å². The van der Waals surface area contributed by atoms with Crippen molar-refractivity contribution in [3.05, 3.63) is 52.6 Å². The molecule has 108 valence electrons.